The number of nitrogens with zero attached hydrogens (tertiary/aromatic N) is 1. The maximum atomic E-state index is 5.65. The first-order valence-electron chi connectivity index (χ1n) is 7.42. The monoisotopic (exact) mass is 266 g/mol. The zero-order chi connectivity index (χ0) is 13.8. The Labute approximate surface area is 121 Å². The minimum Gasteiger partial charge on any atom is -0.326 e. The second-order valence-electron chi connectivity index (χ2n) is 5.60. The fourth-order valence-corrected chi connectivity index (χ4v) is 2.94. The summed E-state index contributed by atoms with van der Waals surface area (Å²) in [6, 6.07) is 17.5. The van der Waals surface area contributed by atoms with Gasteiger partial charge in [0.1, 0.15) is 0 Å². The highest BCUT2D eigenvalue weighted by Crippen LogP contribution is 2.20. The topological polar surface area (TPSA) is 29.3 Å². The Kier molecular flexibility index (Phi) is 4.14. The molecule has 104 valence electrons. The molecule has 0 bridgehead atoms. The van der Waals surface area contributed by atoms with E-state index in [-0.39, 0.29) is 0 Å². The lowest BCUT2D eigenvalue weighted by atomic mass is 10.0. The number of nitrogens with two attached hydrogens (primary N) is 1. The first-order valence-corrected chi connectivity index (χ1v) is 7.42. The summed E-state index contributed by atoms with van der Waals surface area (Å²) in [4.78, 5) is 2.54. The molecule has 0 radical (unpaired) electrons. The molecule has 2 nitrogen and oxygen atoms in total. The highest BCUT2D eigenvalue weighted by atomic mass is 15.1. The number of hydrogen-bond acceptors (Lipinski definition) is 2. The normalized spacial score (nSPS) is 15.7. The summed E-state index contributed by atoms with van der Waals surface area (Å²) in [5.74, 6) is 0. The van der Waals surface area contributed by atoms with Gasteiger partial charge in [-0.2, -0.15) is 0 Å². The third kappa shape index (κ3) is 3.09. The standard InChI is InChI=1S/C18H22N2/c19-12-15-7-9-16(10-8-15)13-20-11-3-6-17-4-1-2-5-18(17)14-20/h1-2,4-5,7-10H,3,6,11-14,19H2. The van der Waals surface area contributed by atoms with E-state index in [0.29, 0.717) is 6.54 Å². The molecule has 0 atom stereocenters. The first kappa shape index (κ1) is 13.3. The molecule has 1 aliphatic heterocycles. The second kappa shape index (κ2) is 6.21. The number of hydrogen-bond donors (Lipinski definition) is 1. The number of aryl methyl sites for hydroxylation is 1. The Morgan fingerprint density at radius 3 is 2.35 bits per heavy atom. The van der Waals surface area contributed by atoms with Crippen LogP contribution in [-0.4, -0.2) is 11.4 Å². The predicted molar refractivity (Wildman–Crippen MR) is 83.2 cm³/mol. The summed E-state index contributed by atoms with van der Waals surface area (Å²) < 4.78 is 0. The lowest BCUT2D eigenvalue weighted by Gasteiger charge is -2.20. The van der Waals surface area contributed by atoms with Gasteiger partial charge in [0, 0.05) is 19.6 Å². The van der Waals surface area contributed by atoms with E-state index in [1.54, 1.807) is 0 Å². The van der Waals surface area contributed by atoms with Crippen LogP contribution in [0.25, 0.3) is 0 Å². The van der Waals surface area contributed by atoms with Gasteiger partial charge in [0.15, 0.2) is 0 Å². The van der Waals surface area contributed by atoms with Crippen LogP contribution in [0.5, 0.6) is 0 Å². The summed E-state index contributed by atoms with van der Waals surface area (Å²) in [5.41, 5.74) is 11.2. The van der Waals surface area contributed by atoms with Crippen molar-refractivity contribution in [2.45, 2.75) is 32.5 Å². The van der Waals surface area contributed by atoms with E-state index in [1.807, 2.05) is 0 Å². The quantitative estimate of drug-likeness (QED) is 0.925. The van der Waals surface area contributed by atoms with Crippen LogP contribution in [0.3, 0.4) is 0 Å². The fraction of sp³-hybridized carbons (Fsp3) is 0.333. The number of fused-ring (bicyclic) bond motifs is 1. The van der Waals surface area contributed by atoms with Crippen LogP contribution in [0.15, 0.2) is 48.5 Å². The van der Waals surface area contributed by atoms with Crippen LogP contribution in [-0.2, 0) is 26.1 Å². The first-order chi connectivity index (χ1) is 9.85. The Morgan fingerprint density at radius 1 is 0.900 bits per heavy atom. The molecule has 3 rings (SSSR count). The molecule has 0 spiro atoms. The van der Waals surface area contributed by atoms with Gasteiger partial charge in [-0.1, -0.05) is 48.5 Å². The van der Waals surface area contributed by atoms with Gasteiger partial charge in [-0.25, -0.2) is 0 Å². The van der Waals surface area contributed by atoms with Crippen molar-refractivity contribution in [2.24, 2.45) is 5.73 Å². The maximum Gasteiger partial charge on any atom is 0.0240 e. The van der Waals surface area contributed by atoms with Crippen molar-refractivity contribution in [1.82, 2.24) is 4.90 Å². The SMILES string of the molecule is NCc1ccc(CN2CCCc3ccccc3C2)cc1. The van der Waals surface area contributed by atoms with Crippen molar-refractivity contribution < 1.29 is 0 Å². The lowest BCUT2D eigenvalue weighted by Crippen LogP contribution is -2.22. The Hall–Kier alpha value is -1.64. The molecular formula is C18H22N2. The minimum atomic E-state index is 0.622. The number of rotatable bonds is 3. The molecule has 0 fully saturated rings. The van der Waals surface area contributed by atoms with Gasteiger partial charge in [-0.05, 0) is 41.6 Å². The molecular weight excluding hydrogens is 244 g/mol. The van der Waals surface area contributed by atoms with Gasteiger partial charge in [0.05, 0.1) is 0 Å². The van der Waals surface area contributed by atoms with Crippen molar-refractivity contribution in [3.05, 3.63) is 70.8 Å². The predicted octanol–water partition coefficient (Wildman–Crippen LogP) is 3.09. The van der Waals surface area contributed by atoms with Crippen molar-refractivity contribution in [3.8, 4) is 0 Å². The number of benzene rings is 2. The van der Waals surface area contributed by atoms with Gasteiger partial charge in [0.2, 0.25) is 0 Å². The molecule has 1 heterocycles. The summed E-state index contributed by atoms with van der Waals surface area (Å²) in [7, 11) is 0. The molecule has 1 aliphatic rings. The highest BCUT2D eigenvalue weighted by Gasteiger charge is 2.13. The smallest absolute Gasteiger partial charge is 0.0240 e. The Balaban J connectivity index is 1.71. The van der Waals surface area contributed by atoms with E-state index in [0.717, 1.165) is 13.1 Å². The molecule has 0 aromatic heterocycles. The van der Waals surface area contributed by atoms with Crippen molar-refractivity contribution >= 4 is 0 Å². The summed E-state index contributed by atoms with van der Waals surface area (Å²) in [6.45, 7) is 3.89. The van der Waals surface area contributed by atoms with Gasteiger partial charge in [0.25, 0.3) is 0 Å². The van der Waals surface area contributed by atoms with E-state index in [2.05, 4.69) is 53.4 Å². The van der Waals surface area contributed by atoms with E-state index in [4.69, 9.17) is 5.73 Å². The Bertz CT molecular complexity index is 560. The third-order valence-corrected chi connectivity index (χ3v) is 4.10. The van der Waals surface area contributed by atoms with E-state index >= 15 is 0 Å². The van der Waals surface area contributed by atoms with Crippen molar-refractivity contribution in [3.63, 3.8) is 0 Å². The lowest BCUT2D eigenvalue weighted by molar-refractivity contribution is 0.261. The molecule has 2 N–H and O–H groups in total. The highest BCUT2D eigenvalue weighted by molar-refractivity contribution is 5.28. The van der Waals surface area contributed by atoms with Crippen molar-refractivity contribution in [2.75, 3.05) is 6.54 Å². The molecule has 0 saturated carbocycles. The van der Waals surface area contributed by atoms with E-state index in [9.17, 15) is 0 Å². The minimum absolute atomic E-state index is 0.622. The van der Waals surface area contributed by atoms with E-state index < -0.39 is 0 Å². The average molecular weight is 266 g/mol. The van der Waals surface area contributed by atoms with Crippen LogP contribution >= 0.6 is 0 Å². The fourth-order valence-electron chi connectivity index (χ4n) is 2.94. The van der Waals surface area contributed by atoms with Crippen LogP contribution in [0.4, 0.5) is 0 Å². The summed E-state index contributed by atoms with van der Waals surface area (Å²) >= 11 is 0. The molecule has 0 aliphatic carbocycles. The van der Waals surface area contributed by atoms with Gasteiger partial charge >= 0.3 is 0 Å². The molecule has 20 heavy (non-hydrogen) atoms. The van der Waals surface area contributed by atoms with Gasteiger partial charge in [-0.3, -0.25) is 4.90 Å². The van der Waals surface area contributed by atoms with Crippen LogP contribution in [0, 0.1) is 0 Å². The average Bonchev–Trinajstić information content (AvgIpc) is 2.69. The van der Waals surface area contributed by atoms with Gasteiger partial charge < -0.3 is 5.73 Å². The molecule has 0 amide bonds. The van der Waals surface area contributed by atoms with E-state index in [1.165, 1.54) is 41.6 Å². The summed E-state index contributed by atoms with van der Waals surface area (Å²) in [6.07, 6.45) is 2.46. The zero-order valence-electron chi connectivity index (χ0n) is 11.9. The van der Waals surface area contributed by atoms with Crippen LogP contribution < -0.4 is 5.73 Å². The van der Waals surface area contributed by atoms with Crippen molar-refractivity contribution in [1.29, 1.82) is 0 Å². The maximum absolute atomic E-state index is 5.65. The molecule has 2 aromatic rings. The molecule has 0 saturated heterocycles. The van der Waals surface area contributed by atoms with Gasteiger partial charge in [-0.15, -0.1) is 0 Å². The molecule has 0 unspecified atom stereocenters. The Morgan fingerprint density at radius 2 is 1.60 bits per heavy atom. The second-order valence-corrected chi connectivity index (χ2v) is 5.60. The van der Waals surface area contributed by atoms with Crippen LogP contribution in [0.1, 0.15) is 28.7 Å². The molecule has 2 aromatic carbocycles. The third-order valence-electron chi connectivity index (χ3n) is 4.10. The van der Waals surface area contributed by atoms with Crippen LogP contribution in [0.2, 0.25) is 0 Å². The molecule has 2 heteroatoms. The largest absolute Gasteiger partial charge is 0.326 e. The summed E-state index contributed by atoms with van der Waals surface area (Å²) in [5, 5.41) is 0. The zero-order valence-corrected chi connectivity index (χ0v) is 11.9.